The summed E-state index contributed by atoms with van der Waals surface area (Å²) in [7, 11) is 0. The van der Waals surface area contributed by atoms with Gasteiger partial charge in [-0.15, -0.1) is 0 Å². The number of nitrogens with one attached hydrogen (secondary N) is 1. The molecule has 0 aliphatic carbocycles. The number of benzene rings is 2. The lowest BCUT2D eigenvalue weighted by molar-refractivity contribution is -0.393. The van der Waals surface area contributed by atoms with Gasteiger partial charge in [0.2, 0.25) is 0 Å². The number of anilines is 1. The minimum Gasteiger partial charge on any atom is -0.271 e. The van der Waals surface area contributed by atoms with Gasteiger partial charge in [0.05, 0.1) is 26.5 Å². The van der Waals surface area contributed by atoms with Crippen molar-refractivity contribution >= 4 is 28.5 Å². The number of hydrogen-bond donors (Lipinski definition) is 1. The molecule has 0 aliphatic heterocycles. The molecule has 2 rings (SSSR count). The molecule has 0 atom stereocenters. The molecule has 128 valence electrons. The van der Waals surface area contributed by atoms with Crippen LogP contribution >= 0.6 is 0 Å². The zero-order valence-corrected chi connectivity index (χ0v) is 12.8. The minimum atomic E-state index is -0.758. The highest BCUT2D eigenvalue weighted by atomic mass is 16.6. The average Bonchev–Trinajstić information content (AvgIpc) is 2.59. The summed E-state index contributed by atoms with van der Waals surface area (Å²) in [6.45, 7) is 1.60. The monoisotopic (exact) mass is 345 g/mol. The van der Waals surface area contributed by atoms with Gasteiger partial charge in [0.15, 0.2) is 0 Å². The standard InChI is InChI=1S/C14H11N5O6/c1-9(10-2-4-11(5-3-10)17(20)21)15-16-13-7-6-12(18(22)23)8-14(13)19(24)25/h2-8,16H,1H3. The first-order valence-electron chi connectivity index (χ1n) is 6.77. The summed E-state index contributed by atoms with van der Waals surface area (Å²) in [6, 6.07) is 8.73. The Bertz CT molecular complexity index is 878. The number of hydrazone groups is 1. The molecular formula is C14H11N5O6. The van der Waals surface area contributed by atoms with Crippen LogP contribution in [0.1, 0.15) is 12.5 Å². The van der Waals surface area contributed by atoms with E-state index in [1.165, 1.54) is 30.3 Å². The number of hydrogen-bond acceptors (Lipinski definition) is 8. The molecule has 11 heteroatoms. The topological polar surface area (TPSA) is 154 Å². The van der Waals surface area contributed by atoms with E-state index in [9.17, 15) is 30.3 Å². The van der Waals surface area contributed by atoms with Gasteiger partial charge in [-0.3, -0.25) is 35.8 Å². The largest absolute Gasteiger partial charge is 0.301 e. The highest BCUT2D eigenvalue weighted by molar-refractivity contribution is 5.99. The first-order valence-corrected chi connectivity index (χ1v) is 6.77. The summed E-state index contributed by atoms with van der Waals surface area (Å²) in [5.74, 6) is 0. The van der Waals surface area contributed by atoms with Crippen LogP contribution in [0.5, 0.6) is 0 Å². The fourth-order valence-corrected chi connectivity index (χ4v) is 1.91. The predicted octanol–water partition coefficient (Wildman–Crippen LogP) is 3.25. The molecule has 0 unspecified atom stereocenters. The van der Waals surface area contributed by atoms with Crippen molar-refractivity contribution < 1.29 is 14.8 Å². The summed E-state index contributed by atoms with van der Waals surface area (Å²) in [5, 5.41) is 36.3. The number of nitrogens with zero attached hydrogens (tertiary/aromatic N) is 4. The second kappa shape index (κ2) is 7.12. The molecule has 11 nitrogen and oxygen atoms in total. The summed E-state index contributed by atoms with van der Waals surface area (Å²) in [5.41, 5.74) is 2.49. The Morgan fingerprint density at radius 3 is 1.96 bits per heavy atom. The van der Waals surface area contributed by atoms with Crippen LogP contribution in [0, 0.1) is 30.3 Å². The molecule has 0 amide bonds. The van der Waals surface area contributed by atoms with Crippen molar-refractivity contribution in [3.05, 3.63) is 78.4 Å². The molecule has 0 aliphatic rings. The van der Waals surface area contributed by atoms with E-state index in [4.69, 9.17) is 0 Å². The molecule has 0 bridgehead atoms. The van der Waals surface area contributed by atoms with Gasteiger partial charge >= 0.3 is 5.69 Å². The van der Waals surface area contributed by atoms with Gasteiger partial charge in [0.25, 0.3) is 11.4 Å². The maximum absolute atomic E-state index is 11.0. The lowest BCUT2D eigenvalue weighted by Crippen LogP contribution is -2.02. The van der Waals surface area contributed by atoms with Crippen LogP contribution < -0.4 is 5.43 Å². The Morgan fingerprint density at radius 2 is 1.44 bits per heavy atom. The normalized spacial score (nSPS) is 11.0. The lowest BCUT2D eigenvalue weighted by atomic mass is 10.1. The summed E-state index contributed by atoms with van der Waals surface area (Å²) in [4.78, 5) is 30.3. The van der Waals surface area contributed by atoms with Crippen molar-refractivity contribution in [2.75, 3.05) is 5.43 Å². The van der Waals surface area contributed by atoms with Gasteiger partial charge in [-0.2, -0.15) is 5.10 Å². The Morgan fingerprint density at radius 1 is 0.880 bits per heavy atom. The van der Waals surface area contributed by atoms with Gasteiger partial charge in [-0.25, -0.2) is 0 Å². The molecule has 0 fully saturated rings. The SMILES string of the molecule is CC(=NNc1ccc([N+](=O)[O-])cc1[N+](=O)[O-])c1ccc([N+](=O)[O-])cc1. The van der Waals surface area contributed by atoms with Gasteiger partial charge in [0, 0.05) is 18.2 Å². The molecule has 0 spiro atoms. The van der Waals surface area contributed by atoms with Crippen molar-refractivity contribution in [2.45, 2.75) is 6.92 Å². The molecule has 2 aromatic carbocycles. The Kier molecular flexibility index (Phi) is 4.98. The molecule has 0 aromatic heterocycles. The Hall–Kier alpha value is -3.89. The predicted molar refractivity (Wildman–Crippen MR) is 88.7 cm³/mol. The lowest BCUT2D eigenvalue weighted by Gasteiger charge is -2.04. The number of nitro benzene ring substituents is 3. The van der Waals surface area contributed by atoms with Crippen LogP contribution in [0.4, 0.5) is 22.7 Å². The van der Waals surface area contributed by atoms with E-state index in [0.29, 0.717) is 11.3 Å². The van der Waals surface area contributed by atoms with Crippen molar-refractivity contribution in [1.29, 1.82) is 0 Å². The molecule has 0 radical (unpaired) electrons. The van der Waals surface area contributed by atoms with Crippen LogP contribution in [0.3, 0.4) is 0 Å². The minimum absolute atomic E-state index is 0.0168. The maximum atomic E-state index is 11.0. The summed E-state index contributed by atoms with van der Waals surface area (Å²) in [6.07, 6.45) is 0. The first kappa shape index (κ1) is 17.5. The average molecular weight is 345 g/mol. The molecular weight excluding hydrogens is 334 g/mol. The zero-order chi connectivity index (χ0) is 18.6. The van der Waals surface area contributed by atoms with Crippen molar-refractivity contribution in [3.63, 3.8) is 0 Å². The van der Waals surface area contributed by atoms with Crippen LogP contribution in [-0.2, 0) is 0 Å². The quantitative estimate of drug-likeness (QED) is 0.478. The number of non-ortho nitro benzene ring substituents is 2. The molecule has 25 heavy (non-hydrogen) atoms. The van der Waals surface area contributed by atoms with Crippen LogP contribution in [0.15, 0.2) is 47.6 Å². The third-order valence-corrected chi connectivity index (χ3v) is 3.23. The van der Waals surface area contributed by atoms with E-state index in [-0.39, 0.29) is 11.4 Å². The van der Waals surface area contributed by atoms with Crippen LogP contribution in [0.25, 0.3) is 0 Å². The van der Waals surface area contributed by atoms with Gasteiger partial charge in [0.1, 0.15) is 5.69 Å². The van der Waals surface area contributed by atoms with E-state index >= 15 is 0 Å². The van der Waals surface area contributed by atoms with Crippen molar-refractivity contribution in [1.82, 2.24) is 0 Å². The van der Waals surface area contributed by atoms with E-state index in [0.717, 1.165) is 12.1 Å². The molecule has 0 saturated carbocycles. The summed E-state index contributed by atoms with van der Waals surface area (Å²) < 4.78 is 0. The summed E-state index contributed by atoms with van der Waals surface area (Å²) >= 11 is 0. The zero-order valence-electron chi connectivity index (χ0n) is 12.8. The van der Waals surface area contributed by atoms with Gasteiger partial charge in [-0.1, -0.05) is 0 Å². The van der Waals surface area contributed by atoms with Gasteiger partial charge < -0.3 is 0 Å². The second-order valence-electron chi connectivity index (χ2n) is 4.83. The molecule has 2 aromatic rings. The molecule has 0 saturated heterocycles. The van der Waals surface area contributed by atoms with Crippen molar-refractivity contribution in [2.24, 2.45) is 5.10 Å². The second-order valence-corrected chi connectivity index (χ2v) is 4.83. The van der Waals surface area contributed by atoms with E-state index in [1.807, 2.05) is 0 Å². The van der Waals surface area contributed by atoms with E-state index < -0.39 is 26.1 Å². The first-order chi connectivity index (χ1) is 11.8. The highest BCUT2D eigenvalue weighted by Gasteiger charge is 2.19. The van der Waals surface area contributed by atoms with Crippen LogP contribution in [-0.4, -0.2) is 20.5 Å². The fourth-order valence-electron chi connectivity index (χ4n) is 1.91. The smallest absolute Gasteiger partial charge is 0.271 e. The number of nitro groups is 3. The van der Waals surface area contributed by atoms with E-state index in [1.54, 1.807) is 6.92 Å². The molecule has 0 heterocycles. The highest BCUT2D eigenvalue weighted by Crippen LogP contribution is 2.29. The fraction of sp³-hybridized carbons (Fsp3) is 0.0714. The third kappa shape index (κ3) is 4.10. The van der Waals surface area contributed by atoms with E-state index in [2.05, 4.69) is 10.5 Å². The van der Waals surface area contributed by atoms with Crippen molar-refractivity contribution in [3.8, 4) is 0 Å². The van der Waals surface area contributed by atoms with Crippen LogP contribution in [0.2, 0.25) is 0 Å². The molecule has 1 N–H and O–H groups in total. The Labute approximate surface area is 140 Å². The Balaban J connectivity index is 2.26. The maximum Gasteiger partial charge on any atom is 0.301 e. The third-order valence-electron chi connectivity index (χ3n) is 3.23. The van der Waals surface area contributed by atoms with Gasteiger partial charge in [-0.05, 0) is 30.7 Å². The number of rotatable bonds is 6.